The molecule has 2 aromatic rings. The molecule has 2 N–H and O–H groups in total. The molecule has 118 valence electrons. The van der Waals surface area contributed by atoms with Crippen molar-refractivity contribution in [1.82, 2.24) is 5.32 Å². The van der Waals surface area contributed by atoms with Gasteiger partial charge in [-0.2, -0.15) is 0 Å². The van der Waals surface area contributed by atoms with Crippen LogP contribution in [0, 0.1) is 0 Å². The van der Waals surface area contributed by atoms with Crippen LogP contribution in [0.5, 0.6) is 0 Å². The molecule has 0 saturated heterocycles. The van der Waals surface area contributed by atoms with Crippen molar-refractivity contribution in [3.8, 4) is 0 Å². The van der Waals surface area contributed by atoms with Crippen LogP contribution in [0.3, 0.4) is 0 Å². The second kappa shape index (κ2) is 7.00. The van der Waals surface area contributed by atoms with Crippen molar-refractivity contribution in [2.24, 2.45) is 0 Å². The minimum Gasteiger partial charge on any atom is -0.312 e. The normalized spacial score (nSPS) is 13.9. The minimum absolute atomic E-state index is 0. The molecule has 4 nitrogen and oxygen atoms in total. The highest BCUT2D eigenvalue weighted by molar-refractivity contribution is 9.10. The standard InChI is InChI=1S/C15H15BrN2O2S.ClH/c16-13-2-4-14(5-3-13)18-21(19,20)15-6-1-11-7-8-17-10-12(11)9-15;/h1-6,9,17-18H,7-8,10H2;1H. The van der Waals surface area contributed by atoms with Crippen molar-refractivity contribution in [3.63, 3.8) is 0 Å². The molecule has 0 amide bonds. The first-order valence-corrected chi connectivity index (χ1v) is 8.93. The Morgan fingerprint density at radius 2 is 1.77 bits per heavy atom. The molecular formula is C15H16BrClN2O2S. The van der Waals surface area contributed by atoms with Gasteiger partial charge in [-0.15, -0.1) is 12.4 Å². The average Bonchev–Trinajstić information content (AvgIpc) is 2.49. The summed E-state index contributed by atoms with van der Waals surface area (Å²) in [5, 5.41) is 3.26. The number of hydrogen-bond acceptors (Lipinski definition) is 3. The Labute approximate surface area is 144 Å². The van der Waals surface area contributed by atoms with Gasteiger partial charge in [0.25, 0.3) is 10.0 Å². The maximum Gasteiger partial charge on any atom is 0.261 e. The highest BCUT2D eigenvalue weighted by Crippen LogP contribution is 2.22. The number of hydrogen-bond donors (Lipinski definition) is 2. The fourth-order valence-corrected chi connectivity index (χ4v) is 3.73. The monoisotopic (exact) mass is 402 g/mol. The molecule has 22 heavy (non-hydrogen) atoms. The Bertz CT molecular complexity index is 764. The number of halogens is 2. The summed E-state index contributed by atoms with van der Waals surface area (Å²) in [7, 11) is -3.55. The third kappa shape index (κ3) is 3.81. The van der Waals surface area contributed by atoms with Gasteiger partial charge in [-0.05, 0) is 60.5 Å². The van der Waals surface area contributed by atoms with Crippen LogP contribution in [-0.4, -0.2) is 15.0 Å². The summed E-state index contributed by atoms with van der Waals surface area (Å²) in [6, 6.07) is 12.4. The molecule has 0 aromatic heterocycles. The lowest BCUT2D eigenvalue weighted by Crippen LogP contribution is -2.24. The van der Waals surface area contributed by atoms with Gasteiger partial charge in [-0.3, -0.25) is 4.72 Å². The quantitative estimate of drug-likeness (QED) is 0.826. The fraction of sp³-hybridized carbons (Fsp3) is 0.200. The van der Waals surface area contributed by atoms with Crippen LogP contribution in [0.2, 0.25) is 0 Å². The summed E-state index contributed by atoms with van der Waals surface area (Å²) in [6.07, 6.45) is 0.940. The molecule has 0 fully saturated rings. The van der Waals surface area contributed by atoms with E-state index in [0.29, 0.717) is 10.6 Å². The van der Waals surface area contributed by atoms with E-state index in [1.807, 2.05) is 6.07 Å². The van der Waals surface area contributed by atoms with Crippen molar-refractivity contribution in [2.45, 2.75) is 17.9 Å². The number of nitrogens with one attached hydrogen (secondary N) is 2. The van der Waals surface area contributed by atoms with E-state index in [1.165, 1.54) is 5.56 Å². The topological polar surface area (TPSA) is 58.2 Å². The molecule has 1 aliphatic rings. The zero-order chi connectivity index (χ0) is 14.9. The summed E-state index contributed by atoms with van der Waals surface area (Å²) in [6.45, 7) is 1.66. The van der Waals surface area contributed by atoms with Gasteiger partial charge in [-0.25, -0.2) is 8.42 Å². The molecule has 0 unspecified atom stereocenters. The zero-order valence-electron chi connectivity index (χ0n) is 11.7. The van der Waals surface area contributed by atoms with E-state index in [1.54, 1.807) is 36.4 Å². The van der Waals surface area contributed by atoms with E-state index in [0.717, 1.165) is 29.5 Å². The lowest BCUT2D eigenvalue weighted by atomic mass is 10.0. The molecule has 3 rings (SSSR count). The van der Waals surface area contributed by atoms with Gasteiger partial charge in [0, 0.05) is 16.7 Å². The van der Waals surface area contributed by atoms with Crippen LogP contribution in [-0.2, 0) is 23.0 Å². The predicted molar refractivity (Wildman–Crippen MR) is 94.1 cm³/mol. The van der Waals surface area contributed by atoms with Gasteiger partial charge in [0.1, 0.15) is 0 Å². The lowest BCUT2D eigenvalue weighted by Gasteiger charge is -2.18. The van der Waals surface area contributed by atoms with Gasteiger partial charge < -0.3 is 5.32 Å². The molecule has 0 aliphatic carbocycles. The third-order valence-corrected chi connectivity index (χ3v) is 5.38. The van der Waals surface area contributed by atoms with Crippen molar-refractivity contribution in [3.05, 3.63) is 58.1 Å². The average molecular weight is 404 g/mol. The Morgan fingerprint density at radius 3 is 2.50 bits per heavy atom. The van der Waals surface area contributed by atoms with Crippen LogP contribution >= 0.6 is 28.3 Å². The highest BCUT2D eigenvalue weighted by Gasteiger charge is 2.17. The van der Waals surface area contributed by atoms with Gasteiger partial charge in [0.05, 0.1) is 4.90 Å². The first kappa shape index (κ1) is 17.3. The van der Waals surface area contributed by atoms with E-state index >= 15 is 0 Å². The van der Waals surface area contributed by atoms with Crippen molar-refractivity contribution in [2.75, 3.05) is 11.3 Å². The summed E-state index contributed by atoms with van der Waals surface area (Å²) in [4.78, 5) is 0.299. The van der Waals surface area contributed by atoms with Crippen molar-refractivity contribution in [1.29, 1.82) is 0 Å². The highest BCUT2D eigenvalue weighted by atomic mass is 79.9. The van der Waals surface area contributed by atoms with Crippen molar-refractivity contribution >= 4 is 44.0 Å². The first-order chi connectivity index (χ1) is 10.0. The van der Waals surface area contributed by atoms with E-state index in [4.69, 9.17) is 0 Å². The van der Waals surface area contributed by atoms with Crippen LogP contribution < -0.4 is 10.0 Å². The molecule has 1 heterocycles. The molecule has 0 saturated carbocycles. The number of benzene rings is 2. The van der Waals surface area contributed by atoms with Gasteiger partial charge in [-0.1, -0.05) is 22.0 Å². The Hall–Kier alpha value is -1.08. The van der Waals surface area contributed by atoms with Gasteiger partial charge in [0.2, 0.25) is 0 Å². The molecular weight excluding hydrogens is 388 g/mol. The van der Waals surface area contributed by atoms with E-state index in [2.05, 4.69) is 26.0 Å². The maximum atomic E-state index is 12.4. The Balaban J connectivity index is 0.00000176. The number of anilines is 1. The fourth-order valence-electron chi connectivity index (χ4n) is 2.36. The molecule has 0 bridgehead atoms. The SMILES string of the molecule is Cl.O=S(=O)(Nc1ccc(Br)cc1)c1ccc2c(c1)CNCC2. The molecule has 0 spiro atoms. The van der Waals surface area contributed by atoms with E-state index < -0.39 is 10.0 Å². The van der Waals surface area contributed by atoms with Crippen LogP contribution in [0.1, 0.15) is 11.1 Å². The summed E-state index contributed by atoms with van der Waals surface area (Å²) in [5.74, 6) is 0. The second-order valence-corrected chi connectivity index (χ2v) is 7.57. The van der Waals surface area contributed by atoms with Crippen molar-refractivity contribution < 1.29 is 8.42 Å². The van der Waals surface area contributed by atoms with Crippen LogP contribution in [0.15, 0.2) is 51.8 Å². The predicted octanol–water partition coefficient (Wildman–Crippen LogP) is 3.32. The zero-order valence-corrected chi connectivity index (χ0v) is 14.9. The minimum atomic E-state index is -3.55. The lowest BCUT2D eigenvalue weighted by molar-refractivity contribution is 0.599. The van der Waals surface area contributed by atoms with Crippen LogP contribution in [0.4, 0.5) is 5.69 Å². The van der Waals surface area contributed by atoms with Gasteiger partial charge in [0.15, 0.2) is 0 Å². The molecule has 2 aromatic carbocycles. The largest absolute Gasteiger partial charge is 0.312 e. The van der Waals surface area contributed by atoms with E-state index in [-0.39, 0.29) is 12.4 Å². The third-order valence-electron chi connectivity index (χ3n) is 3.47. The summed E-state index contributed by atoms with van der Waals surface area (Å²) < 4.78 is 28.4. The van der Waals surface area contributed by atoms with E-state index in [9.17, 15) is 8.42 Å². The first-order valence-electron chi connectivity index (χ1n) is 6.65. The number of rotatable bonds is 3. The molecule has 0 atom stereocenters. The molecule has 1 aliphatic heterocycles. The molecule has 7 heteroatoms. The van der Waals surface area contributed by atoms with Gasteiger partial charge >= 0.3 is 0 Å². The second-order valence-electron chi connectivity index (χ2n) is 4.97. The summed E-state index contributed by atoms with van der Waals surface area (Å²) in [5.41, 5.74) is 2.82. The Morgan fingerprint density at radius 1 is 1.05 bits per heavy atom. The Kier molecular flexibility index (Phi) is 5.50. The maximum absolute atomic E-state index is 12.4. The smallest absolute Gasteiger partial charge is 0.261 e. The number of sulfonamides is 1. The number of fused-ring (bicyclic) bond motifs is 1. The molecule has 0 radical (unpaired) electrons. The summed E-state index contributed by atoms with van der Waals surface area (Å²) >= 11 is 3.33. The van der Waals surface area contributed by atoms with Crippen LogP contribution in [0.25, 0.3) is 0 Å².